The van der Waals surface area contributed by atoms with Gasteiger partial charge in [0.25, 0.3) is 10.0 Å². The summed E-state index contributed by atoms with van der Waals surface area (Å²) in [7, 11) is -6.13. The van der Waals surface area contributed by atoms with Crippen LogP contribution in [0.4, 0.5) is 5.69 Å². The lowest BCUT2D eigenvalue weighted by Crippen LogP contribution is -2.54. The molecule has 3 rings (SSSR count). The van der Waals surface area contributed by atoms with Crippen molar-refractivity contribution >= 4 is 54.2 Å². The number of ether oxygens (including phenoxy) is 2. The normalized spacial score (nSPS) is 14.6. The molecule has 10 heteroatoms. The van der Waals surface area contributed by atoms with E-state index in [1.54, 1.807) is 24.3 Å². The third-order valence-corrected chi connectivity index (χ3v) is 12.6. The summed E-state index contributed by atoms with van der Waals surface area (Å²) in [6, 6.07) is 6.84. The first-order valence-corrected chi connectivity index (χ1v) is 21.0. The van der Waals surface area contributed by atoms with Gasteiger partial charge in [-0.05, 0) is 54.3 Å². The number of benzene rings is 2. The Morgan fingerprint density at radius 1 is 0.811 bits per heavy atom. The summed E-state index contributed by atoms with van der Waals surface area (Å²) in [6.07, 6.45) is 2.06. The molecular formula is C27H39NO6SSi2. The quantitative estimate of drug-likeness (QED) is 0.388. The molecule has 1 heterocycles. The molecule has 0 fully saturated rings. The van der Waals surface area contributed by atoms with Crippen LogP contribution in [0.1, 0.15) is 44.7 Å². The summed E-state index contributed by atoms with van der Waals surface area (Å²) < 4.78 is 40.4. The number of nitrogens with zero attached hydrogens (tertiary/aromatic N) is 1. The number of carbonyl (C=O) groups is 2. The van der Waals surface area contributed by atoms with E-state index in [9.17, 15) is 18.0 Å². The molecule has 0 N–H and O–H groups in total. The first-order valence-electron chi connectivity index (χ1n) is 12.6. The second kappa shape index (κ2) is 10.4. The zero-order valence-electron chi connectivity index (χ0n) is 23.4. The van der Waals surface area contributed by atoms with E-state index >= 15 is 0 Å². The van der Waals surface area contributed by atoms with E-state index in [2.05, 4.69) is 39.3 Å². The highest BCUT2D eigenvalue weighted by molar-refractivity contribution is 7.92. The number of anilines is 1. The summed E-state index contributed by atoms with van der Waals surface area (Å²) in [5.74, 6) is -1.23. The molecule has 0 saturated heterocycles. The van der Waals surface area contributed by atoms with Gasteiger partial charge in [-0.25, -0.2) is 18.0 Å². The molecule has 0 amide bonds. The Balaban J connectivity index is 2.63. The van der Waals surface area contributed by atoms with E-state index in [-0.39, 0.29) is 16.0 Å². The first kappa shape index (κ1) is 29.1. The van der Waals surface area contributed by atoms with Gasteiger partial charge in [0, 0.05) is 6.54 Å². The van der Waals surface area contributed by atoms with E-state index in [4.69, 9.17) is 9.47 Å². The summed E-state index contributed by atoms with van der Waals surface area (Å²) >= 11 is 0. The van der Waals surface area contributed by atoms with Crippen LogP contribution in [0.5, 0.6) is 0 Å². The molecule has 0 spiro atoms. The Hall–Kier alpha value is -2.44. The molecule has 7 nitrogen and oxygen atoms in total. The first-order chi connectivity index (χ1) is 17.1. The molecule has 0 aromatic heterocycles. The van der Waals surface area contributed by atoms with E-state index in [0.717, 1.165) is 22.7 Å². The van der Waals surface area contributed by atoms with Gasteiger partial charge in [0.2, 0.25) is 0 Å². The molecule has 2 aromatic rings. The van der Waals surface area contributed by atoms with Crippen molar-refractivity contribution in [2.45, 2.75) is 70.4 Å². The molecule has 0 aliphatic carbocycles. The molecule has 37 heavy (non-hydrogen) atoms. The third kappa shape index (κ3) is 5.42. The van der Waals surface area contributed by atoms with Crippen LogP contribution in [0.25, 0.3) is 0 Å². The van der Waals surface area contributed by atoms with Gasteiger partial charge < -0.3 is 9.47 Å². The van der Waals surface area contributed by atoms with Crippen LogP contribution in [-0.4, -0.2) is 57.3 Å². The molecule has 2 aromatic carbocycles. The molecule has 0 unspecified atom stereocenters. The fraction of sp³-hybridized carbons (Fsp3) is 0.481. The van der Waals surface area contributed by atoms with Gasteiger partial charge in [-0.2, -0.15) is 0 Å². The standard InChI is InChI=1S/C27H39NO6SSi2/c1-18-13-15-19(16-14-18)35(31,32)28-17-11-10-12-20-23(28)25(37(7,8)9)22(27(30)34-3)21(26(29)33-2)24(20)36(4,5)6/h13-16H,10-12,17H2,1-9H3. The van der Waals surface area contributed by atoms with Crippen LogP contribution >= 0.6 is 0 Å². The number of sulfonamides is 1. The second-order valence-corrected chi connectivity index (χ2v) is 23.5. The van der Waals surface area contributed by atoms with E-state index in [0.29, 0.717) is 30.3 Å². The lowest BCUT2D eigenvalue weighted by molar-refractivity contribution is 0.0557. The summed E-state index contributed by atoms with van der Waals surface area (Å²) in [6.45, 7) is 14.7. The monoisotopic (exact) mass is 561 g/mol. The summed E-state index contributed by atoms with van der Waals surface area (Å²) in [5.41, 5.74) is 2.81. The Morgan fingerprint density at radius 3 is 1.76 bits per heavy atom. The number of methoxy groups -OCH3 is 2. The van der Waals surface area contributed by atoms with Gasteiger partial charge >= 0.3 is 11.9 Å². The largest absolute Gasteiger partial charge is 0.465 e. The lowest BCUT2D eigenvalue weighted by atomic mass is 9.98. The number of rotatable bonds is 6. The van der Waals surface area contributed by atoms with Crippen LogP contribution in [0.15, 0.2) is 29.2 Å². The molecular weight excluding hydrogens is 523 g/mol. The number of fused-ring (bicyclic) bond motifs is 1. The van der Waals surface area contributed by atoms with E-state index < -0.39 is 38.1 Å². The number of carbonyl (C=O) groups excluding carboxylic acids is 2. The summed E-state index contributed by atoms with van der Waals surface area (Å²) in [4.78, 5) is 27.1. The number of aryl methyl sites for hydroxylation is 1. The van der Waals surface area contributed by atoms with E-state index in [1.807, 2.05) is 6.92 Å². The molecule has 0 atom stereocenters. The van der Waals surface area contributed by atoms with Crippen LogP contribution in [0, 0.1) is 6.92 Å². The van der Waals surface area contributed by atoms with Gasteiger partial charge in [0.05, 0.1) is 52.1 Å². The maximum atomic E-state index is 14.2. The average Bonchev–Trinajstić information content (AvgIpc) is 3.03. The highest BCUT2D eigenvalue weighted by Crippen LogP contribution is 2.35. The van der Waals surface area contributed by atoms with Crippen LogP contribution in [0.2, 0.25) is 39.3 Å². The minimum Gasteiger partial charge on any atom is -0.465 e. The predicted molar refractivity (Wildman–Crippen MR) is 154 cm³/mol. The highest BCUT2D eigenvalue weighted by Gasteiger charge is 2.43. The van der Waals surface area contributed by atoms with Crippen molar-refractivity contribution in [3.05, 3.63) is 46.5 Å². The van der Waals surface area contributed by atoms with Gasteiger partial charge in [0.1, 0.15) is 0 Å². The number of hydrogen-bond acceptors (Lipinski definition) is 6. The maximum absolute atomic E-state index is 14.2. The molecule has 0 saturated carbocycles. The van der Waals surface area contributed by atoms with Crippen molar-refractivity contribution < 1.29 is 27.5 Å². The van der Waals surface area contributed by atoms with Crippen LogP contribution in [-0.2, 0) is 25.9 Å². The van der Waals surface area contributed by atoms with Gasteiger partial charge in [-0.15, -0.1) is 0 Å². The van der Waals surface area contributed by atoms with Gasteiger partial charge in [0.15, 0.2) is 0 Å². The van der Waals surface area contributed by atoms with Crippen molar-refractivity contribution in [2.75, 3.05) is 25.1 Å². The molecule has 202 valence electrons. The van der Waals surface area contributed by atoms with Crippen LogP contribution in [0.3, 0.4) is 0 Å². The van der Waals surface area contributed by atoms with Crippen molar-refractivity contribution in [2.24, 2.45) is 0 Å². The highest BCUT2D eigenvalue weighted by atomic mass is 32.2. The molecule has 0 bridgehead atoms. The lowest BCUT2D eigenvalue weighted by Gasteiger charge is -2.37. The maximum Gasteiger partial charge on any atom is 0.338 e. The van der Waals surface area contributed by atoms with Crippen molar-refractivity contribution in [1.29, 1.82) is 0 Å². The Labute approximate surface area is 223 Å². The second-order valence-electron chi connectivity index (χ2n) is 11.7. The SMILES string of the molecule is COC(=O)c1c(C(=O)OC)c([Si](C)(C)C)c2c(c1[Si](C)(C)C)CCCCN2S(=O)(=O)c1ccc(C)cc1. The fourth-order valence-electron chi connectivity index (χ4n) is 5.22. The Morgan fingerprint density at radius 2 is 1.30 bits per heavy atom. The smallest absolute Gasteiger partial charge is 0.338 e. The average molecular weight is 562 g/mol. The number of esters is 2. The Bertz CT molecular complexity index is 1320. The van der Waals surface area contributed by atoms with Gasteiger partial charge in [-0.3, -0.25) is 4.31 Å². The molecule has 0 radical (unpaired) electrons. The van der Waals surface area contributed by atoms with Gasteiger partial charge in [-0.1, -0.05) is 57.0 Å². The van der Waals surface area contributed by atoms with Crippen LogP contribution < -0.4 is 14.7 Å². The minimum absolute atomic E-state index is 0.163. The van der Waals surface area contributed by atoms with Crippen molar-refractivity contribution in [3.8, 4) is 0 Å². The topological polar surface area (TPSA) is 90.0 Å². The number of hydrogen-bond donors (Lipinski definition) is 0. The predicted octanol–water partition coefficient (Wildman–Crippen LogP) is 4.19. The Kier molecular flexibility index (Phi) is 8.17. The summed E-state index contributed by atoms with van der Waals surface area (Å²) in [5, 5.41) is 1.41. The minimum atomic E-state index is -3.95. The zero-order chi connectivity index (χ0) is 27.9. The van der Waals surface area contributed by atoms with Crippen molar-refractivity contribution in [1.82, 2.24) is 0 Å². The van der Waals surface area contributed by atoms with E-state index in [1.165, 1.54) is 18.5 Å². The van der Waals surface area contributed by atoms with Crippen molar-refractivity contribution in [3.63, 3.8) is 0 Å². The molecule has 1 aliphatic heterocycles. The zero-order valence-corrected chi connectivity index (χ0v) is 26.3. The molecule has 1 aliphatic rings. The fourth-order valence-corrected chi connectivity index (χ4v) is 11.0. The third-order valence-electron chi connectivity index (χ3n) is 6.75.